The van der Waals surface area contributed by atoms with Crippen molar-refractivity contribution < 1.29 is 62.2 Å². The molecule has 1 saturated heterocycles. The Hall–Kier alpha value is -3.24. The predicted octanol–water partition coefficient (Wildman–Crippen LogP) is -0.438. The molecule has 204 valence electrons. The van der Waals surface area contributed by atoms with Gasteiger partial charge in [-0.1, -0.05) is 0 Å². The van der Waals surface area contributed by atoms with Crippen molar-refractivity contribution in [2.24, 2.45) is 0 Å². The molecule has 2 heterocycles. The quantitative estimate of drug-likeness (QED) is 0.240. The van der Waals surface area contributed by atoms with Crippen LogP contribution < -0.4 is 15.7 Å². The van der Waals surface area contributed by atoms with Crippen molar-refractivity contribution in [2.75, 3.05) is 6.61 Å². The van der Waals surface area contributed by atoms with Crippen molar-refractivity contribution in [1.82, 2.24) is 5.32 Å². The first-order chi connectivity index (χ1) is 17.2. The van der Waals surface area contributed by atoms with E-state index in [0.717, 1.165) is 6.07 Å². The lowest BCUT2D eigenvalue weighted by Crippen LogP contribution is -2.69. The fourth-order valence-electron chi connectivity index (χ4n) is 3.98. The first kappa shape index (κ1) is 28.3. The van der Waals surface area contributed by atoms with Crippen LogP contribution in [0.3, 0.4) is 0 Å². The molecule has 0 bridgehead atoms. The second-order valence-corrected chi connectivity index (χ2v) is 8.55. The number of nitrogens with one attached hydrogen (secondary N) is 1. The van der Waals surface area contributed by atoms with E-state index < -0.39 is 79.4 Å². The summed E-state index contributed by atoms with van der Waals surface area (Å²) < 4.78 is 53.9. The van der Waals surface area contributed by atoms with Crippen LogP contribution in [0.25, 0.3) is 11.0 Å². The van der Waals surface area contributed by atoms with Gasteiger partial charge in [-0.25, -0.2) is 9.59 Å². The number of carbonyl (C=O) groups is 2. The molecule has 1 fully saturated rings. The first-order valence-corrected chi connectivity index (χ1v) is 10.8. The van der Waals surface area contributed by atoms with Gasteiger partial charge in [0.2, 0.25) is 5.91 Å². The average molecular weight is 535 g/mol. The van der Waals surface area contributed by atoms with E-state index >= 15 is 0 Å². The molecular weight excluding hydrogens is 511 g/mol. The molecular formula is C22H24F3NO11. The summed E-state index contributed by atoms with van der Waals surface area (Å²) in [6.45, 7) is 0.551. The molecule has 15 heteroatoms. The van der Waals surface area contributed by atoms with Gasteiger partial charge in [0.25, 0.3) is 0 Å². The molecule has 1 aromatic heterocycles. The Kier molecular flexibility index (Phi) is 8.14. The number of aliphatic hydroxyl groups is 4. The maximum atomic E-state index is 12.6. The molecule has 1 unspecified atom stereocenters. The molecule has 1 aliphatic heterocycles. The van der Waals surface area contributed by atoms with Crippen molar-refractivity contribution in [3.8, 4) is 5.75 Å². The van der Waals surface area contributed by atoms with Crippen molar-refractivity contribution in [3.05, 3.63) is 40.2 Å². The van der Waals surface area contributed by atoms with Crippen LogP contribution in [0.15, 0.2) is 33.5 Å². The highest BCUT2D eigenvalue weighted by Crippen LogP contribution is 2.36. The van der Waals surface area contributed by atoms with E-state index in [1.54, 1.807) is 6.92 Å². The van der Waals surface area contributed by atoms with Gasteiger partial charge in [-0.3, -0.25) is 4.79 Å². The number of alkyl halides is 3. The number of aliphatic carboxylic acids is 1. The fourth-order valence-corrected chi connectivity index (χ4v) is 3.98. The van der Waals surface area contributed by atoms with Crippen LogP contribution in [0, 0.1) is 6.92 Å². The van der Waals surface area contributed by atoms with Gasteiger partial charge in [0.05, 0.1) is 25.2 Å². The van der Waals surface area contributed by atoms with Gasteiger partial charge in [-0.15, -0.1) is 0 Å². The van der Waals surface area contributed by atoms with Crippen molar-refractivity contribution >= 4 is 22.8 Å². The van der Waals surface area contributed by atoms with Crippen LogP contribution in [-0.2, 0) is 14.3 Å². The summed E-state index contributed by atoms with van der Waals surface area (Å²) in [5, 5.41) is 52.4. The molecule has 0 aliphatic carbocycles. The predicted molar refractivity (Wildman–Crippen MR) is 115 cm³/mol. The van der Waals surface area contributed by atoms with Gasteiger partial charge in [0.1, 0.15) is 36.1 Å². The van der Waals surface area contributed by atoms with Crippen molar-refractivity contribution in [2.45, 2.75) is 62.2 Å². The lowest BCUT2D eigenvalue weighted by atomic mass is 9.88. The third-order valence-electron chi connectivity index (χ3n) is 5.71. The van der Waals surface area contributed by atoms with Crippen molar-refractivity contribution in [3.63, 3.8) is 0 Å². The second kappa shape index (κ2) is 10.6. The normalized spacial score (nSPS) is 25.9. The molecule has 0 spiro atoms. The third-order valence-corrected chi connectivity index (χ3v) is 5.71. The molecule has 2 aromatic rings. The summed E-state index contributed by atoms with van der Waals surface area (Å²) in [5.74, 6) is -6.48. The zero-order valence-electron chi connectivity index (χ0n) is 19.1. The van der Waals surface area contributed by atoms with Gasteiger partial charge < -0.3 is 44.7 Å². The van der Waals surface area contributed by atoms with Gasteiger partial charge in [0.15, 0.2) is 0 Å². The summed E-state index contributed by atoms with van der Waals surface area (Å²) in [4.78, 5) is 35.8. The Balaban J connectivity index is 1.98. The number of aliphatic hydroxyl groups excluding tert-OH is 4. The maximum Gasteiger partial charge on any atom is 0.397 e. The number of fused-ring (bicyclic) bond motifs is 1. The van der Waals surface area contributed by atoms with E-state index in [2.05, 4.69) is 0 Å². The SMILES string of the molecule is Cc1cc(=O)oc2cc(OC3(C(=O)O)C[C@H](O)[C@@H](NC(=O)CC(F)(F)F)[C@H]([C@H](O)[C@H](O)CO)O3)ccc12. The van der Waals surface area contributed by atoms with Gasteiger partial charge in [-0.05, 0) is 24.6 Å². The standard InChI is InChI=1S/C22H24F3NO11/c1-9-4-16(31)35-14-5-10(2-3-11(9)14)36-21(20(33)34)6-12(28)17(26-15(30)7-22(23,24)25)19(37-21)18(32)13(29)8-27/h2-5,12-13,17-19,27-29,32H,6-8H2,1H3,(H,26,30)(H,33,34)/t12-,13+,17+,18+,19+,21?/m0/s1. The van der Waals surface area contributed by atoms with Crippen LogP contribution in [0.1, 0.15) is 18.4 Å². The molecule has 3 rings (SSSR count). The number of carboxylic acid groups (broad SMARTS) is 1. The van der Waals surface area contributed by atoms with Crippen molar-refractivity contribution in [1.29, 1.82) is 0 Å². The Labute approximate surface area is 205 Å². The number of benzene rings is 1. The molecule has 0 saturated carbocycles. The number of carbonyl (C=O) groups excluding carboxylic acids is 1. The smallest absolute Gasteiger partial charge is 0.397 e. The monoisotopic (exact) mass is 535 g/mol. The summed E-state index contributed by atoms with van der Waals surface area (Å²) in [6, 6.07) is 3.30. The highest BCUT2D eigenvalue weighted by molar-refractivity contribution is 5.82. The Morgan fingerprint density at radius 3 is 2.54 bits per heavy atom. The Morgan fingerprint density at radius 2 is 1.95 bits per heavy atom. The molecule has 1 aromatic carbocycles. The molecule has 37 heavy (non-hydrogen) atoms. The number of halogens is 3. The van der Waals surface area contributed by atoms with Gasteiger partial charge >= 0.3 is 23.6 Å². The largest absolute Gasteiger partial charge is 0.476 e. The molecule has 6 atom stereocenters. The number of hydrogen-bond donors (Lipinski definition) is 6. The zero-order chi connectivity index (χ0) is 27.7. The number of amides is 1. The summed E-state index contributed by atoms with van der Waals surface area (Å²) in [7, 11) is 0. The third kappa shape index (κ3) is 6.37. The van der Waals surface area contributed by atoms with Crippen LogP contribution in [0.4, 0.5) is 13.2 Å². The zero-order valence-corrected chi connectivity index (χ0v) is 19.1. The minimum Gasteiger partial charge on any atom is -0.476 e. The number of aryl methyl sites for hydroxylation is 1. The van der Waals surface area contributed by atoms with E-state index in [1.165, 1.54) is 18.2 Å². The number of ether oxygens (including phenoxy) is 2. The lowest BCUT2D eigenvalue weighted by molar-refractivity contribution is -0.284. The highest BCUT2D eigenvalue weighted by atomic mass is 19.4. The van der Waals surface area contributed by atoms with Crippen LogP contribution in [-0.4, -0.2) is 86.4 Å². The van der Waals surface area contributed by atoms with Crippen LogP contribution >= 0.6 is 0 Å². The summed E-state index contributed by atoms with van der Waals surface area (Å²) in [5.41, 5.74) is -0.129. The topological polar surface area (TPSA) is 196 Å². The van der Waals surface area contributed by atoms with E-state index in [1.807, 2.05) is 5.32 Å². The van der Waals surface area contributed by atoms with Crippen LogP contribution in [0.5, 0.6) is 5.75 Å². The molecule has 1 aliphatic rings. The molecule has 0 radical (unpaired) electrons. The van der Waals surface area contributed by atoms with Crippen LogP contribution in [0.2, 0.25) is 0 Å². The molecule has 12 nitrogen and oxygen atoms in total. The fraction of sp³-hybridized carbons (Fsp3) is 0.500. The van der Waals surface area contributed by atoms with E-state index in [-0.39, 0.29) is 11.3 Å². The number of hydrogen-bond acceptors (Lipinski definition) is 10. The summed E-state index contributed by atoms with van der Waals surface area (Å²) in [6.07, 6.45) is -16.0. The van der Waals surface area contributed by atoms with E-state index in [9.17, 15) is 53.1 Å². The van der Waals surface area contributed by atoms with E-state index in [0.29, 0.717) is 10.9 Å². The number of rotatable bonds is 8. The average Bonchev–Trinajstić information content (AvgIpc) is 2.78. The molecule has 6 N–H and O–H groups in total. The second-order valence-electron chi connectivity index (χ2n) is 8.55. The Bertz CT molecular complexity index is 1220. The highest BCUT2D eigenvalue weighted by Gasteiger charge is 2.57. The minimum atomic E-state index is -4.92. The summed E-state index contributed by atoms with van der Waals surface area (Å²) >= 11 is 0. The number of carboxylic acids is 1. The lowest BCUT2D eigenvalue weighted by Gasteiger charge is -2.46. The van der Waals surface area contributed by atoms with Gasteiger partial charge in [-0.2, -0.15) is 13.2 Å². The molecule has 1 amide bonds. The first-order valence-electron chi connectivity index (χ1n) is 10.8. The minimum absolute atomic E-state index is 0.0176. The van der Waals surface area contributed by atoms with Gasteiger partial charge in [0, 0.05) is 17.5 Å². The Morgan fingerprint density at radius 1 is 1.27 bits per heavy atom. The maximum absolute atomic E-state index is 12.6. The van der Waals surface area contributed by atoms with E-state index in [4.69, 9.17) is 13.9 Å².